The van der Waals surface area contributed by atoms with E-state index in [9.17, 15) is 4.21 Å². The van der Waals surface area contributed by atoms with Crippen LogP contribution in [0.4, 0.5) is 0 Å². The molecule has 4 atom stereocenters. The van der Waals surface area contributed by atoms with Gasteiger partial charge in [-0.25, -0.2) is 4.21 Å². The summed E-state index contributed by atoms with van der Waals surface area (Å²) < 4.78 is 23.4. The molecule has 1 unspecified atom stereocenters. The summed E-state index contributed by atoms with van der Waals surface area (Å²) in [6.07, 6.45) is 5.63. The van der Waals surface area contributed by atoms with Gasteiger partial charge in [-0.15, -0.1) is 0 Å². The molecule has 0 heterocycles. The third kappa shape index (κ3) is 3.41. The molecule has 2 aliphatic rings. The van der Waals surface area contributed by atoms with E-state index in [1.54, 1.807) is 0 Å². The van der Waals surface area contributed by atoms with Crippen molar-refractivity contribution in [1.82, 2.24) is 0 Å². The smallest absolute Gasteiger partial charge is 0.184 e. The molecule has 0 saturated heterocycles. The van der Waals surface area contributed by atoms with Crippen LogP contribution in [-0.2, 0) is 15.4 Å². The van der Waals surface area contributed by atoms with Crippen molar-refractivity contribution >= 4 is 25.5 Å². The SMILES string of the molecule is CC(C)/C=N/S(=O)C[C@]12CC[C@H](C[C@H]1O[Si](C)(C)C)C2(C)C. The van der Waals surface area contributed by atoms with Crippen molar-refractivity contribution in [2.75, 3.05) is 5.75 Å². The first-order valence-electron chi connectivity index (χ1n) is 8.58. The van der Waals surface area contributed by atoms with Gasteiger partial charge in [-0.05, 0) is 56.2 Å². The molecule has 2 fully saturated rings. The van der Waals surface area contributed by atoms with Crippen LogP contribution in [0.5, 0.6) is 0 Å². The lowest BCUT2D eigenvalue weighted by Gasteiger charge is -2.43. The Kier molecular flexibility index (Phi) is 5.11. The quantitative estimate of drug-likeness (QED) is 0.529. The van der Waals surface area contributed by atoms with Crippen LogP contribution in [0.3, 0.4) is 0 Å². The van der Waals surface area contributed by atoms with E-state index in [-0.39, 0.29) is 16.9 Å². The minimum absolute atomic E-state index is 0.0388. The van der Waals surface area contributed by atoms with Gasteiger partial charge in [0.05, 0.1) is 11.9 Å². The lowest BCUT2D eigenvalue weighted by molar-refractivity contribution is 0.0287. The fraction of sp³-hybridized carbons (Fsp3) is 0.941. The van der Waals surface area contributed by atoms with Crippen LogP contribution in [0, 0.1) is 22.7 Å². The first-order chi connectivity index (χ1) is 9.98. The van der Waals surface area contributed by atoms with Crippen molar-refractivity contribution in [2.24, 2.45) is 27.1 Å². The van der Waals surface area contributed by atoms with Crippen LogP contribution in [-0.4, -0.2) is 30.6 Å². The lowest BCUT2D eigenvalue weighted by atomic mass is 9.70. The Balaban J connectivity index is 2.23. The van der Waals surface area contributed by atoms with Crippen LogP contribution < -0.4 is 0 Å². The Morgan fingerprint density at radius 2 is 2.00 bits per heavy atom. The maximum absolute atomic E-state index is 12.6. The molecule has 3 nitrogen and oxygen atoms in total. The second-order valence-corrected chi connectivity index (χ2v) is 14.6. The molecule has 0 amide bonds. The number of nitrogens with zero attached hydrogens (tertiary/aromatic N) is 1. The Morgan fingerprint density at radius 3 is 2.50 bits per heavy atom. The molecular formula is C17H33NO2SSi. The van der Waals surface area contributed by atoms with E-state index in [1.807, 2.05) is 6.21 Å². The van der Waals surface area contributed by atoms with Crippen molar-refractivity contribution in [1.29, 1.82) is 0 Å². The van der Waals surface area contributed by atoms with Crippen molar-refractivity contribution in [3.05, 3.63) is 0 Å². The van der Waals surface area contributed by atoms with Gasteiger partial charge in [-0.2, -0.15) is 4.40 Å². The number of rotatable bonds is 6. The Labute approximate surface area is 140 Å². The Morgan fingerprint density at radius 1 is 1.36 bits per heavy atom. The van der Waals surface area contributed by atoms with Gasteiger partial charge in [0, 0.05) is 11.6 Å². The van der Waals surface area contributed by atoms with E-state index < -0.39 is 19.3 Å². The van der Waals surface area contributed by atoms with Crippen LogP contribution in [0.25, 0.3) is 0 Å². The average Bonchev–Trinajstić information content (AvgIpc) is 2.69. The first-order valence-corrected chi connectivity index (χ1v) is 13.3. The minimum atomic E-state index is -1.59. The molecule has 2 bridgehead atoms. The van der Waals surface area contributed by atoms with Gasteiger partial charge in [0.1, 0.15) is 11.0 Å². The molecule has 0 aromatic heterocycles. The molecular weight excluding hydrogens is 310 g/mol. The number of fused-ring (bicyclic) bond motifs is 2. The molecule has 128 valence electrons. The third-order valence-corrected chi connectivity index (χ3v) is 7.82. The number of hydrogen-bond acceptors (Lipinski definition) is 2. The predicted molar refractivity (Wildman–Crippen MR) is 98.1 cm³/mol. The van der Waals surface area contributed by atoms with Crippen molar-refractivity contribution < 1.29 is 8.63 Å². The summed E-state index contributed by atoms with van der Waals surface area (Å²) in [5.41, 5.74) is 0.247. The minimum Gasteiger partial charge on any atom is -0.414 e. The van der Waals surface area contributed by atoms with Crippen molar-refractivity contribution in [3.8, 4) is 0 Å². The Hall–Kier alpha value is -0.00312. The van der Waals surface area contributed by atoms with Gasteiger partial charge in [-0.1, -0.05) is 27.7 Å². The van der Waals surface area contributed by atoms with E-state index in [2.05, 4.69) is 51.7 Å². The van der Waals surface area contributed by atoms with Crippen LogP contribution >= 0.6 is 0 Å². The fourth-order valence-corrected chi connectivity index (χ4v) is 7.15. The molecule has 2 rings (SSSR count). The molecule has 0 radical (unpaired) electrons. The second-order valence-electron chi connectivity index (χ2n) is 9.03. The monoisotopic (exact) mass is 343 g/mol. The van der Waals surface area contributed by atoms with Crippen molar-refractivity contribution in [3.63, 3.8) is 0 Å². The normalized spacial score (nSPS) is 35.6. The second kappa shape index (κ2) is 6.13. The van der Waals surface area contributed by atoms with Crippen LogP contribution in [0.1, 0.15) is 47.0 Å². The molecule has 0 aliphatic heterocycles. The summed E-state index contributed by atoms with van der Waals surface area (Å²) in [6.45, 7) is 15.6. The largest absolute Gasteiger partial charge is 0.414 e. The Bertz CT molecular complexity index is 470. The highest BCUT2D eigenvalue weighted by atomic mass is 32.2. The molecule has 5 heteroatoms. The van der Waals surface area contributed by atoms with Gasteiger partial charge in [-0.3, -0.25) is 0 Å². The maximum Gasteiger partial charge on any atom is 0.184 e. The van der Waals surface area contributed by atoms with Crippen molar-refractivity contribution in [2.45, 2.75) is 72.7 Å². The predicted octanol–water partition coefficient (Wildman–Crippen LogP) is 4.42. The first kappa shape index (κ1) is 18.3. The molecule has 2 saturated carbocycles. The zero-order chi connectivity index (χ0) is 16.8. The van der Waals surface area contributed by atoms with E-state index in [4.69, 9.17) is 4.43 Å². The third-order valence-electron chi connectivity index (χ3n) is 5.71. The summed E-state index contributed by atoms with van der Waals surface area (Å²) in [5.74, 6) is 1.72. The topological polar surface area (TPSA) is 38.7 Å². The highest BCUT2D eigenvalue weighted by molar-refractivity contribution is 7.83. The summed E-state index contributed by atoms with van der Waals surface area (Å²) in [6, 6.07) is 0. The molecule has 0 aromatic rings. The van der Waals surface area contributed by atoms with Gasteiger partial charge in [0.15, 0.2) is 8.32 Å². The molecule has 0 aromatic carbocycles. The van der Waals surface area contributed by atoms with E-state index in [0.717, 1.165) is 12.8 Å². The average molecular weight is 344 g/mol. The standard InChI is InChI=1S/C17H33NO2SSi/c1-13(2)11-18-21(19)12-17-9-8-14(16(17,3)4)10-15(17)20-22(5,6)7/h11,13-15H,8-10,12H2,1-7H3/b18-11+/t14-,15-,17-,21?/m1/s1. The van der Waals surface area contributed by atoms with Crippen LogP contribution in [0.15, 0.2) is 4.40 Å². The molecule has 0 N–H and O–H groups in total. The zero-order valence-electron chi connectivity index (χ0n) is 15.3. The molecule has 2 aliphatic carbocycles. The van der Waals surface area contributed by atoms with E-state index in [1.165, 1.54) is 6.42 Å². The fourth-order valence-electron chi connectivity index (χ4n) is 4.38. The van der Waals surface area contributed by atoms with Gasteiger partial charge in [0.25, 0.3) is 0 Å². The number of hydrogen-bond donors (Lipinski definition) is 0. The maximum atomic E-state index is 12.6. The highest BCUT2D eigenvalue weighted by Gasteiger charge is 2.65. The van der Waals surface area contributed by atoms with Crippen LogP contribution in [0.2, 0.25) is 19.6 Å². The van der Waals surface area contributed by atoms with Gasteiger partial charge < -0.3 is 4.43 Å². The summed E-state index contributed by atoms with van der Waals surface area (Å²) >= 11 is 0. The van der Waals surface area contributed by atoms with Gasteiger partial charge >= 0.3 is 0 Å². The van der Waals surface area contributed by atoms with E-state index >= 15 is 0 Å². The summed E-state index contributed by atoms with van der Waals surface area (Å²) in [5, 5.41) is 0. The molecule has 0 spiro atoms. The highest BCUT2D eigenvalue weighted by Crippen LogP contribution is 2.67. The summed E-state index contributed by atoms with van der Waals surface area (Å²) in [7, 11) is -2.73. The molecule has 22 heavy (non-hydrogen) atoms. The summed E-state index contributed by atoms with van der Waals surface area (Å²) in [4.78, 5) is 0. The zero-order valence-corrected chi connectivity index (χ0v) is 17.1. The van der Waals surface area contributed by atoms with E-state index in [0.29, 0.717) is 17.6 Å². The van der Waals surface area contributed by atoms with Gasteiger partial charge in [0.2, 0.25) is 0 Å². The lowest BCUT2D eigenvalue weighted by Crippen LogP contribution is -2.47.